The molecule has 7 heteroatoms. The van der Waals surface area contributed by atoms with Crippen LogP contribution in [0.15, 0.2) is 90.1 Å². The quantitative estimate of drug-likeness (QED) is 0.445. The number of allylic oxidation sites excluding steroid dienone is 1. The Bertz CT molecular complexity index is 1180. The van der Waals surface area contributed by atoms with E-state index in [9.17, 15) is 4.79 Å². The molecule has 1 aliphatic rings. The third-order valence-corrected chi connectivity index (χ3v) is 5.52. The van der Waals surface area contributed by atoms with Crippen molar-refractivity contribution >= 4 is 28.9 Å². The summed E-state index contributed by atoms with van der Waals surface area (Å²) in [7, 11) is 1.60. The second kappa shape index (κ2) is 10.2. The number of nitrogens with one attached hydrogen (secondary N) is 3. The Labute approximate surface area is 198 Å². The maximum absolute atomic E-state index is 13.3. The lowest BCUT2D eigenvalue weighted by atomic mass is 9.94. The van der Waals surface area contributed by atoms with Gasteiger partial charge in [-0.15, -0.1) is 0 Å². The Balaban J connectivity index is 1.56. The molecule has 3 aromatic rings. The minimum atomic E-state index is -0.419. The second-order valence-corrected chi connectivity index (χ2v) is 8.01. The van der Waals surface area contributed by atoms with Gasteiger partial charge < -0.3 is 25.4 Å². The smallest absolute Gasteiger partial charge is 0.255 e. The second-order valence-electron chi connectivity index (χ2n) is 7.60. The summed E-state index contributed by atoms with van der Waals surface area (Å²) in [6.45, 7) is 2.31. The number of hydrogen-bond acceptors (Lipinski definition) is 4. The molecule has 0 bridgehead atoms. The fourth-order valence-corrected chi connectivity index (χ4v) is 3.91. The van der Waals surface area contributed by atoms with Gasteiger partial charge in [0.05, 0.1) is 18.7 Å². The van der Waals surface area contributed by atoms with Gasteiger partial charge in [0, 0.05) is 11.4 Å². The van der Waals surface area contributed by atoms with Crippen LogP contribution in [0.3, 0.4) is 0 Å². The molecule has 0 fully saturated rings. The number of anilines is 1. The third kappa shape index (κ3) is 5.51. The highest BCUT2D eigenvalue weighted by Gasteiger charge is 2.30. The van der Waals surface area contributed by atoms with Gasteiger partial charge in [0.15, 0.2) is 5.11 Å². The molecule has 1 atom stereocenters. The van der Waals surface area contributed by atoms with Crippen molar-refractivity contribution in [1.29, 1.82) is 0 Å². The number of carbonyl (C=O) groups excluding carboxylic acids is 1. The zero-order chi connectivity index (χ0) is 23.2. The van der Waals surface area contributed by atoms with Crippen LogP contribution in [0.2, 0.25) is 0 Å². The highest BCUT2D eigenvalue weighted by atomic mass is 32.1. The van der Waals surface area contributed by atoms with Crippen LogP contribution in [0.1, 0.15) is 24.1 Å². The van der Waals surface area contributed by atoms with Crippen LogP contribution >= 0.6 is 12.2 Å². The van der Waals surface area contributed by atoms with E-state index in [1.807, 2.05) is 61.5 Å². The first kappa shape index (κ1) is 22.4. The van der Waals surface area contributed by atoms with E-state index in [0.717, 1.165) is 22.6 Å². The normalized spacial score (nSPS) is 15.3. The molecule has 33 heavy (non-hydrogen) atoms. The molecule has 3 aromatic carbocycles. The molecule has 0 radical (unpaired) electrons. The molecule has 0 aromatic heterocycles. The van der Waals surface area contributed by atoms with Gasteiger partial charge in [0.25, 0.3) is 5.91 Å². The van der Waals surface area contributed by atoms with Gasteiger partial charge in [-0.25, -0.2) is 0 Å². The molecule has 3 N–H and O–H groups in total. The van der Waals surface area contributed by atoms with Gasteiger partial charge in [0.1, 0.15) is 18.1 Å². The van der Waals surface area contributed by atoms with Crippen LogP contribution in [0.25, 0.3) is 0 Å². The molecule has 0 aliphatic carbocycles. The Kier molecular flexibility index (Phi) is 6.90. The van der Waals surface area contributed by atoms with E-state index < -0.39 is 6.04 Å². The number of amides is 1. The fourth-order valence-electron chi connectivity index (χ4n) is 3.64. The molecule has 1 aliphatic heterocycles. The lowest BCUT2D eigenvalue weighted by Crippen LogP contribution is -2.45. The Hall–Kier alpha value is -3.84. The molecule has 1 heterocycles. The van der Waals surface area contributed by atoms with Crippen LogP contribution in [0.5, 0.6) is 11.5 Å². The van der Waals surface area contributed by atoms with Crippen molar-refractivity contribution in [2.24, 2.45) is 0 Å². The largest absolute Gasteiger partial charge is 0.497 e. The number of carbonyl (C=O) groups is 1. The van der Waals surface area contributed by atoms with Crippen LogP contribution in [0, 0.1) is 0 Å². The van der Waals surface area contributed by atoms with E-state index >= 15 is 0 Å². The molecule has 1 unspecified atom stereocenters. The maximum atomic E-state index is 13.3. The molecule has 6 nitrogen and oxygen atoms in total. The predicted octanol–water partition coefficient (Wildman–Crippen LogP) is 4.71. The molecular weight excluding hydrogens is 434 g/mol. The van der Waals surface area contributed by atoms with Crippen molar-refractivity contribution in [3.8, 4) is 11.5 Å². The Morgan fingerprint density at radius 1 is 1.00 bits per heavy atom. The lowest BCUT2D eigenvalue weighted by Gasteiger charge is -2.30. The van der Waals surface area contributed by atoms with Gasteiger partial charge >= 0.3 is 0 Å². The van der Waals surface area contributed by atoms with E-state index in [2.05, 4.69) is 16.0 Å². The summed E-state index contributed by atoms with van der Waals surface area (Å²) in [4.78, 5) is 13.3. The minimum absolute atomic E-state index is 0.222. The summed E-state index contributed by atoms with van der Waals surface area (Å²) in [6, 6.07) is 24.5. The van der Waals surface area contributed by atoms with E-state index in [-0.39, 0.29) is 5.91 Å². The summed E-state index contributed by atoms with van der Waals surface area (Å²) < 4.78 is 11.2. The topological polar surface area (TPSA) is 71.6 Å². The number of rotatable bonds is 7. The molecule has 4 rings (SSSR count). The summed E-state index contributed by atoms with van der Waals surface area (Å²) in [5.41, 5.74) is 3.89. The van der Waals surface area contributed by atoms with Crippen molar-refractivity contribution in [2.45, 2.75) is 19.6 Å². The molecular formula is C26H25N3O3S. The van der Waals surface area contributed by atoms with Gasteiger partial charge in [-0.2, -0.15) is 0 Å². The predicted molar refractivity (Wildman–Crippen MR) is 133 cm³/mol. The van der Waals surface area contributed by atoms with E-state index in [1.54, 1.807) is 31.4 Å². The van der Waals surface area contributed by atoms with Crippen LogP contribution in [-0.4, -0.2) is 18.1 Å². The molecule has 168 valence electrons. The van der Waals surface area contributed by atoms with Gasteiger partial charge in [-0.05, 0) is 66.7 Å². The van der Waals surface area contributed by atoms with Crippen LogP contribution < -0.4 is 25.4 Å². The summed E-state index contributed by atoms with van der Waals surface area (Å²) in [5, 5.41) is 9.72. The first-order valence-corrected chi connectivity index (χ1v) is 10.9. The van der Waals surface area contributed by atoms with Crippen molar-refractivity contribution in [3.05, 3.63) is 101 Å². The highest BCUT2D eigenvalue weighted by molar-refractivity contribution is 7.80. The van der Waals surface area contributed by atoms with Crippen LogP contribution in [-0.2, 0) is 11.4 Å². The SMILES string of the molecule is COc1ccc(NC(=O)C2=C(C)NC(=S)NC2c2cccc(OCc3ccccc3)c2)cc1. The molecule has 0 saturated heterocycles. The minimum Gasteiger partial charge on any atom is -0.497 e. The first-order valence-electron chi connectivity index (χ1n) is 10.5. The molecule has 1 amide bonds. The first-order chi connectivity index (χ1) is 16.0. The Morgan fingerprint density at radius 2 is 1.76 bits per heavy atom. The van der Waals surface area contributed by atoms with Crippen molar-refractivity contribution in [1.82, 2.24) is 10.6 Å². The van der Waals surface area contributed by atoms with E-state index in [1.165, 1.54) is 0 Å². The number of hydrogen-bond donors (Lipinski definition) is 3. The summed E-state index contributed by atoms with van der Waals surface area (Å²) >= 11 is 5.37. The highest BCUT2D eigenvalue weighted by Crippen LogP contribution is 2.30. The third-order valence-electron chi connectivity index (χ3n) is 5.30. The van der Waals surface area contributed by atoms with Gasteiger partial charge in [-0.1, -0.05) is 42.5 Å². The number of ether oxygens (including phenoxy) is 2. The Morgan fingerprint density at radius 3 is 2.48 bits per heavy atom. The molecule has 0 saturated carbocycles. The number of methoxy groups -OCH3 is 1. The fraction of sp³-hybridized carbons (Fsp3) is 0.154. The zero-order valence-corrected chi connectivity index (χ0v) is 19.2. The average Bonchev–Trinajstić information content (AvgIpc) is 2.83. The van der Waals surface area contributed by atoms with Crippen molar-refractivity contribution in [2.75, 3.05) is 12.4 Å². The number of benzene rings is 3. The monoisotopic (exact) mass is 459 g/mol. The summed E-state index contributed by atoms with van der Waals surface area (Å²) in [5.74, 6) is 1.22. The average molecular weight is 460 g/mol. The van der Waals surface area contributed by atoms with Crippen molar-refractivity contribution in [3.63, 3.8) is 0 Å². The van der Waals surface area contributed by atoms with Crippen LogP contribution in [0.4, 0.5) is 5.69 Å². The standard InChI is InChI=1S/C26H25N3O3S/c1-17-23(25(30)28-20-11-13-21(31-2)14-12-20)24(29-26(33)27-17)19-9-6-10-22(15-19)32-16-18-7-4-3-5-8-18/h3-15,24H,16H2,1-2H3,(H,28,30)(H2,27,29,33). The van der Waals surface area contributed by atoms with Crippen molar-refractivity contribution < 1.29 is 14.3 Å². The zero-order valence-electron chi connectivity index (χ0n) is 18.4. The number of thiocarbonyl (C=S) groups is 1. The van der Waals surface area contributed by atoms with E-state index in [0.29, 0.717) is 28.7 Å². The van der Waals surface area contributed by atoms with Gasteiger partial charge in [-0.3, -0.25) is 4.79 Å². The molecule has 0 spiro atoms. The van der Waals surface area contributed by atoms with E-state index in [4.69, 9.17) is 21.7 Å². The van der Waals surface area contributed by atoms with Gasteiger partial charge in [0.2, 0.25) is 0 Å². The lowest BCUT2D eigenvalue weighted by molar-refractivity contribution is -0.113. The maximum Gasteiger partial charge on any atom is 0.255 e. The summed E-state index contributed by atoms with van der Waals surface area (Å²) in [6.07, 6.45) is 0.